The van der Waals surface area contributed by atoms with E-state index in [1.807, 2.05) is 80.0 Å². The highest BCUT2D eigenvalue weighted by molar-refractivity contribution is 6.13. The SMILES string of the molecule is [2H]C([2H])([2H])c1cc(-c2cccc3c2oc2c(-c4cccc[n+]4C)c(C)ccc23)ccc1-c1ccccc1. The molecule has 4 aromatic carbocycles. The first-order valence-electron chi connectivity index (χ1n) is 12.9. The van der Waals surface area contributed by atoms with Crippen LogP contribution in [0.1, 0.15) is 15.2 Å². The normalized spacial score (nSPS) is 13.1. The van der Waals surface area contributed by atoms with E-state index in [0.29, 0.717) is 5.56 Å². The van der Waals surface area contributed by atoms with Crippen molar-refractivity contribution in [3.8, 4) is 33.5 Å². The van der Waals surface area contributed by atoms with E-state index in [-0.39, 0.29) is 0 Å². The molecule has 2 nitrogen and oxygen atoms in total. The van der Waals surface area contributed by atoms with Gasteiger partial charge in [-0.1, -0.05) is 78.9 Å². The van der Waals surface area contributed by atoms with Gasteiger partial charge in [-0.2, -0.15) is 0 Å². The molecular formula is C32H26NO+. The number of aromatic nitrogens is 1. The van der Waals surface area contributed by atoms with Crippen LogP contribution in [0.4, 0.5) is 0 Å². The highest BCUT2D eigenvalue weighted by atomic mass is 16.3. The van der Waals surface area contributed by atoms with Crippen LogP contribution in [0.15, 0.2) is 108 Å². The predicted octanol–water partition coefficient (Wildman–Crippen LogP) is 8.03. The molecular weight excluding hydrogens is 414 g/mol. The number of aryl methyl sites for hydroxylation is 3. The van der Waals surface area contributed by atoms with Crippen molar-refractivity contribution in [3.63, 3.8) is 0 Å². The quantitative estimate of drug-likeness (QED) is 0.253. The van der Waals surface area contributed by atoms with Gasteiger partial charge in [0.1, 0.15) is 18.2 Å². The lowest BCUT2D eigenvalue weighted by Gasteiger charge is -2.09. The van der Waals surface area contributed by atoms with Crippen LogP contribution in [0.5, 0.6) is 0 Å². The van der Waals surface area contributed by atoms with Gasteiger partial charge in [0.15, 0.2) is 6.20 Å². The molecule has 6 aromatic rings. The van der Waals surface area contributed by atoms with Crippen LogP contribution in [0.3, 0.4) is 0 Å². The van der Waals surface area contributed by atoms with E-state index < -0.39 is 6.85 Å². The Morgan fingerprint density at radius 1 is 0.676 bits per heavy atom. The molecule has 6 rings (SSSR count). The van der Waals surface area contributed by atoms with Crippen LogP contribution in [0.25, 0.3) is 55.4 Å². The Balaban J connectivity index is 1.61. The van der Waals surface area contributed by atoms with E-state index >= 15 is 0 Å². The maximum Gasteiger partial charge on any atom is 0.216 e. The number of hydrogen-bond acceptors (Lipinski definition) is 1. The number of furan rings is 1. The van der Waals surface area contributed by atoms with Gasteiger partial charge in [0.2, 0.25) is 5.69 Å². The van der Waals surface area contributed by atoms with Crippen molar-refractivity contribution in [2.24, 2.45) is 7.05 Å². The van der Waals surface area contributed by atoms with Crippen molar-refractivity contribution in [3.05, 3.63) is 114 Å². The summed E-state index contributed by atoms with van der Waals surface area (Å²) in [4.78, 5) is 0. The van der Waals surface area contributed by atoms with Crippen LogP contribution in [0.2, 0.25) is 0 Å². The van der Waals surface area contributed by atoms with E-state index in [1.54, 1.807) is 6.07 Å². The third kappa shape index (κ3) is 3.22. The number of nitrogens with zero attached hydrogens (tertiary/aromatic N) is 1. The second-order valence-electron chi connectivity index (χ2n) is 8.74. The minimum absolute atomic E-state index is 0.331. The minimum Gasteiger partial charge on any atom is -0.454 e. The number of pyridine rings is 1. The summed E-state index contributed by atoms with van der Waals surface area (Å²) in [6.07, 6.45) is 2.03. The summed E-state index contributed by atoms with van der Waals surface area (Å²) in [5, 5.41) is 2.05. The first-order valence-corrected chi connectivity index (χ1v) is 11.4. The molecule has 0 aliphatic carbocycles. The maximum atomic E-state index is 8.25. The Bertz CT molecular complexity index is 1780. The van der Waals surface area contributed by atoms with Crippen LogP contribution < -0.4 is 4.57 Å². The van der Waals surface area contributed by atoms with Crippen LogP contribution in [0, 0.1) is 13.8 Å². The van der Waals surface area contributed by atoms with Crippen LogP contribution >= 0.6 is 0 Å². The molecule has 2 aromatic heterocycles. The van der Waals surface area contributed by atoms with Crippen molar-refractivity contribution >= 4 is 21.9 Å². The molecule has 2 heteroatoms. The molecule has 164 valence electrons. The first-order chi connectivity index (χ1) is 17.8. The van der Waals surface area contributed by atoms with Gasteiger partial charge in [0.25, 0.3) is 0 Å². The fraction of sp³-hybridized carbons (Fsp3) is 0.0938. The molecule has 0 saturated carbocycles. The summed E-state index contributed by atoms with van der Waals surface area (Å²) in [6.45, 7) is -0.157. The molecule has 0 bridgehead atoms. The van der Waals surface area contributed by atoms with Crippen molar-refractivity contribution in [1.29, 1.82) is 0 Å². The van der Waals surface area contributed by atoms with Crippen LogP contribution in [-0.4, -0.2) is 0 Å². The van der Waals surface area contributed by atoms with Crippen molar-refractivity contribution in [1.82, 2.24) is 0 Å². The Morgan fingerprint density at radius 2 is 1.50 bits per heavy atom. The summed E-state index contributed by atoms with van der Waals surface area (Å²) < 4.78 is 33.5. The summed E-state index contributed by atoms with van der Waals surface area (Å²) in [6, 6.07) is 31.8. The number of rotatable bonds is 3. The standard InChI is InChI=1S/C32H26NO/c1-21-15-17-28-27-13-9-12-26(24-16-18-25(22(2)20-24)23-10-5-4-6-11-23)31(27)34-32(28)30(21)29-14-7-8-19-33(29)3/h4-20H,1-3H3/q+1/i2D3. The average Bonchev–Trinajstić information content (AvgIpc) is 3.28. The van der Waals surface area contributed by atoms with E-state index in [1.165, 1.54) is 0 Å². The monoisotopic (exact) mass is 443 g/mol. The van der Waals surface area contributed by atoms with E-state index in [0.717, 1.165) is 61.0 Å². The van der Waals surface area contributed by atoms with Crippen molar-refractivity contribution < 1.29 is 13.1 Å². The maximum absolute atomic E-state index is 8.25. The smallest absolute Gasteiger partial charge is 0.216 e. The summed E-state index contributed by atoms with van der Waals surface area (Å²) in [5.41, 5.74) is 8.48. The summed E-state index contributed by atoms with van der Waals surface area (Å²) in [5.74, 6) is 0. The highest BCUT2D eigenvalue weighted by Crippen LogP contribution is 2.41. The lowest BCUT2D eigenvalue weighted by molar-refractivity contribution is -0.660. The van der Waals surface area contributed by atoms with Crippen LogP contribution in [-0.2, 0) is 7.05 Å². The van der Waals surface area contributed by atoms with E-state index in [2.05, 4.69) is 35.8 Å². The highest BCUT2D eigenvalue weighted by Gasteiger charge is 2.21. The summed E-state index contributed by atoms with van der Waals surface area (Å²) in [7, 11) is 2.03. The third-order valence-corrected chi connectivity index (χ3v) is 6.60. The summed E-state index contributed by atoms with van der Waals surface area (Å²) >= 11 is 0. The lowest BCUT2D eigenvalue weighted by Crippen LogP contribution is -2.30. The Kier molecular flexibility index (Phi) is 4.08. The minimum atomic E-state index is -2.25. The zero-order valence-corrected chi connectivity index (χ0v) is 19.2. The molecule has 0 spiro atoms. The average molecular weight is 444 g/mol. The van der Waals surface area contributed by atoms with E-state index in [4.69, 9.17) is 8.53 Å². The fourth-order valence-electron chi connectivity index (χ4n) is 4.87. The molecule has 2 heterocycles. The largest absolute Gasteiger partial charge is 0.454 e. The molecule has 0 aliphatic rings. The molecule has 34 heavy (non-hydrogen) atoms. The van der Waals surface area contributed by atoms with Gasteiger partial charge in [-0.15, -0.1) is 0 Å². The zero-order chi connectivity index (χ0) is 25.7. The van der Waals surface area contributed by atoms with E-state index in [9.17, 15) is 0 Å². The van der Waals surface area contributed by atoms with Crippen molar-refractivity contribution in [2.45, 2.75) is 13.8 Å². The first kappa shape index (κ1) is 17.3. The fourth-order valence-corrected chi connectivity index (χ4v) is 4.87. The van der Waals surface area contributed by atoms with Gasteiger partial charge in [-0.3, -0.25) is 0 Å². The Morgan fingerprint density at radius 3 is 2.32 bits per heavy atom. The molecule has 0 fully saturated rings. The number of fused-ring (bicyclic) bond motifs is 3. The number of benzene rings is 4. The van der Waals surface area contributed by atoms with Crippen molar-refractivity contribution in [2.75, 3.05) is 0 Å². The predicted molar refractivity (Wildman–Crippen MR) is 141 cm³/mol. The molecule has 0 radical (unpaired) electrons. The van der Waals surface area contributed by atoms with Gasteiger partial charge in [-0.25, -0.2) is 4.57 Å². The Hall–Kier alpha value is -4.17. The molecule has 0 N–H and O–H groups in total. The van der Waals surface area contributed by atoms with Gasteiger partial charge in [-0.05, 0) is 47.7 Å². The molecule has 0 unspecified atom stereocenters. The second-order valence-corrected chi connectivity index (χ2v) is 8.74. The second kappa shape index (κ2) is 8.00. The molecule has 0 saturated heterocycles. The topological polar surface area (TPSA) is 17.0 Å². The third-order valence-electron chi connectivity index (χ3n) is 6.60. The molecule has 0 atom stereocenters. The zero-order valence-electron chi connectivity index (χ0n) is 22.2. The number of hydrogen-bond donors (Lipinski definition) is 0. The lowest BCUT2D eigenvalue weighted by atomic mass is 9.95. The molecule has 0 amide bonds. The number of para-hydroxylation sites is 1. The van der Waals surface area contributed by atoms with Gasteiger partial charge >= 0.3 is 0 Å². The Labute approximate surface area is 203 Å². The molecule has 0 aliphatic heterocycles. The van der Waals surface area contributed by atoms with Gasteiger partial charge < -0.3 is 4.42 Å². The van der Waals surface area contributed by atoms with Gasteiger partial charge in [0.05, 0.1) is 5.56 Å². The van der Waals surface area contributed by atoms with Gasteiger partial charge in [0, 0.05) is 32.6 Å².